The van der Waals surface area contributed by atoms with E-state index in [2.05, 4.69) is 4.18 Å². The Labute approximate surface area is 121 Å². The molecule has 0 heterocycles. The van der Waals surface area contributed by atoms with Crippen LogP contribution in [0.1, 0.15) is 31.8 Å². The summed E-state index contributed by atoms with van der Waals surface area (Å²) in [6, 6.07) is 8.78. The summed E-state index contributed by atoms with van der Waals surface area (Å²) in [7, 11) is -3.19. The molecule has 0 unspecified atom stereocenters. The van der Waals surface area contributed by atoms with Crippen molar-refractivity contribution < 1.29 is 22.2 Å². The third-order valence-electron chi connectivity index (χ3n) is 3.24. The molecule has 6 nitrogen and oxygen atoms in total. The van der Waals surface area contributed by atoms with Crippen LogP contribution in [0, 0.1) is 0 Å². The zero-order valence-corrected chi connectivity index (χ0v) is 11.4. The van der Waals surface area contributed by atoms with E-state index in [1.54, 1.807) is 6.07 Å². The fourth-order valence-corrected chi connectivity index (χ4v) is 2.71. The lowest BCUT2D eigenvalue weighted by molar-refractivity contribution is 0.0978. The Morgan fingerprint density at radius 3 is 2.10 bits per heavy atom. The molecule has 21 heavy (non-hydrogen) atoms. The molecule has 3 rings (SSSR count). The summed E-state index contributed by atoms with van der Waals surface area (Å²) in [5.74, 6) is -1.07. The summed E-state index contributed by atoms with van der Waals surface area (Å²) >= 11 is 0. The third kappa shape index (κ3) is 1.98. The molecule has 0 aliphatic heterocycles. The van der Waals surface area contributed by atoms with Crippen LogP contribution in [-0.2, 0) is 11.0 Å². The Balaban J connectivity index is 2.30. The molecule has 2 N–H and O–H groups in total. The van der Waals surface area contributed by atoms with Crippen LogP contribution in [0.15, 0.2) is 36.4 Å². The molecule has 2 aromatic carbocycles. The van der Waals surface area contributed by atoms with Crippen LogP contribution >= 0.6 is 0 Å². The molecule has 2 aromatic rings. The molecular weight excluding hydrogens is 294 g/mol. The molecular formula is C14H9NO5S. The van der Waals surface area contributed by atoms with Gasteiger partial charge in [-0.2, -0.15) is 8.42 Å². The maximum atomic E-state index is 12.5. The van der Waals surface area contributed by atoms with E-state index in [1.165, 1.54) is 30.3 Å². The molecule has 0 saturated heterocycles. The Bertz CT molecular complexity index is 862. The van der Waals surface area contributed by atoms with Gasteiger partial charge in [-0.1, -0.05) is 24.3 Å². The number of nitrogens with two attached hydrogens (primary N) is 1. The van der Waals surface area contributed by atoms with Gasteiger partial charge in [-0.3, -0.25) is 9.59 Å². The largest absolute Gasteiger partial charge is 0.398 e. The average molecular weight is 303 g/mol. The first-order valence-corrected chi connectivity index (χ1v) is 7.03. The van der Waals surface area contributed by atoms with Crippen LogP contribution in [0.25, 0.3) is 0 Å². The van der Waals surface area contributed by atoms with Crippen LogP contribution < -0.4 is 9.92 Å². The molecule has 7 heteroatoms. The second-order valence-corrected chi connectivity index (χ2v) is 5.05. The van der Waals surface area contributed by atoms with Gasteiger partial charge in [0.15, 0.2) is 17.3 Å². The molecule has 0 amide bonds. The summed E-state index contributed by atoms with van der Waals surface area (Å²) in [5, 5.41) is 0. The number of carbonyl (C=O) groups excluding carboxylic acids is 2. The van der Waals surface area contributed by atoms with Crippen molar-refractivity contribution >= 4 is 28.2 Å². The third-order valence-corrected chi connectivity index (χ3v) is 3.58. The first kappa shape index (κ1) is 13.3. The number of benzene rings is 2. The van der Waals surface area contributed by atoms with E-state index in [1.807, 2.05) is 0 Å². The van der Waals surface area contributed by atoms with Crippen LogP contribution in [0.5, 0.6) is 5.75 Å². The fourth-order valence-electron chi connectivity index (χ4n) is 2.39. The Morgan fingerprint density at radius 2 is 1.43 bits per heavy atom. The van der Waals surface area contributed by atoms with E-state index in [0.717, 1.165) is 0 Å². The predicted molar refractivity (Wildman–Crippen MR) is 75.1 cm³/mol. The lowest BCUT2D eigenvalue weighted by Crippen LogP contribution is -2.23. The van der Waals surface area contributed by atoms with Gasteiger partial charge in [0.1, 0.15) is 0 Å². The minimum atomic E-state index is -3.19. The van der Waals surface area contributed by atoms with Crippen molar-refractivity contribution in [1.29, 1.82) is 0 Å². The summed E-state index contributed by atoms with van der Waals surface area (Å²) in [4.78, 5) is 25.0. The molecule has 0 saturated carbocycles. The van der Waals surface area contributed by atoms with E-state index in [4.69, 9.17) is 5.73 Å². The number of hydrogen-bond acceptors (Lipinski definition) is 6. The maximum absolute atomic E-state index is 12.5. The molecule has 0 fully saturated rings. The summed E-state index contributed by atoms with van der Waals surface area (Å²) in [5.41, 5.74) is 6.28. The van der Waals surface area contributed by atoms with Gasteiger partial charge in [0.05, 0.1) is 11.1 Å². The van der Waals surface area contributed by atoms with Crippen molar-refractivity contribution in [2.45, 2.75) is 0 Å². The van der Waals surface area contributed by atoms with Crippen LogP contribution in [0.3, 0.4) is 0 Å². The van der Waals surface area contributed by atoms with Crippen LogP contribution in [-0.4, -0.2) is 20.0 Å². The molecule has 0 spiro atoms. The van der Waals surface area contributed by atoms with Crippen molar-refractivity contribution in [3.05, 3.63) is 58.7 Å². The smallest absolute Gasteiger partial charge is 0.299 e. The second kappa shape index (κ2) is 4.71. The normalized spacial score (nSPS) is 13.0. The van der Waals surface area contributed by atoms with Crippen molar-refractivity contribution in [2.75, 3.05) is 5.73 Å². The number of fused-ring (bicyclic) bond motifs is 2. The lowest BCUT2D eigenvalue weighted by Gasteiger charge is -2.20. The quantitative estimate of drug-likeness (QED) is 0.539. The summed E-state index contributed by atoms with van der Waals surface area (Å²) in [6.07, 6.45) is 0. The first-order valence-electron chi connectivity index (χ1n) is 5.94. The summed E-state index contributed by atoms with van der Waals surface area (Å²) < 4.78 is 26.1. The van der Waals surface area contributed by atoms with E-state index in [-0.39, 0.29) is 33.7 Å². The van der Waals surface area contributed by atoms with E-state index >= 15 is 0 Å². The Hall–Kier alpha value is -2.67. The first-order chi connectivity index (χ1) is 10.0. The van der Waals surface area contributed by atoms with Crippen molar-refractivity contribution in [3.8, 4) is 5.75 Å². The molecule has 0 aromatic heterocycles. The molecule has 0 bridgehead atoms. The fraction of sp³-hybridized carbons (Fsp3) is 0. The SMILES string of the molecule is Nc1cccc2c1C(=O)c1cccc(O[SH](=O)=O)c1C2=O. The van der Waals surface area contributed by atoms with E-state index < -0.39 is 22.6 Å². The van der Waals surface area contributed by atoms with Crippen molar-refractivity contribution in [1.82, 2.24) is 0 Å². The van der Waals surface area contributed by atoms with Gasteiger partial charge in [-0.15, -0.1) is 0 Å². The number of thiol groups is 1. The number of hydrogen-bond donors (Lipinski definition) is 2. The van der Waals surface area contributed by atoms with Gasteiger partial charge in [-0.05, 0) is 12.1 Å². The van der Waals surface area contributed by atoms with Crippen LogP contribution in [0.4, 0.5) is 5.69 Å². The Kier molecular flexibility index (Phi) is 2.99. The molecule has 0 atom stereocenters. The van der Waals surface area contributed by atoms with Gasteiger partial charge in [0.25, 0.3) is 11.0 Å². The zero-order chi connectivity index (χ0) is 15.1. The molecule has 1 aliphatic carbocycles. The Morgan fingerprint density at radius 1 is 0.857 bits per heavy atom. The highest BCUT2D eigenvalue weighted by Gasteiger charge is 2.33. The predicted octanol–water partition coefficient (Wildman–Crippen LogP) is 0.949. The highest BCUT2D eigenvalue weighted by molar-refractivity contribution is 7.67. The van der Waals surface area contributed by atoms with Gasteiger partial charge >= 0.3 is 0 Å². The lowest BCUT2D eigenvalue weighted by atomic mass is 9.83. The standard InChI is InChI=1S/C14H9NO5S/c15-9-5-1-3-7-11(9)13(16)8-4-2-6-10(20-21(18)19)12(8)14(7)17/h1-6,21H,15H2. The van der Waals surface area contributed by atoms with Gasteiger partial charge in [0.2, 0.25) is 0 Å². The van der Waals surface area contributed by atoms with E-state index in [9.17, 15) is 18.0 Å². The summed E-state index contributed by atoms with van der Waals surface area (Å²) in [6.45, 7) is 0. The molecule has 106 valence electrons. The molecule has 0 radical (unpaired) electrons. The minimum absolute atomic E-state index is 0.0557. The number of rotatable bonds is 2. The molecule has 1 aliphatic rings. The highest BCUT2D eigenvalue weighted by atomic mass is 32.2. The number of carbonyl (C=O) groups is 2. The van der Waals surface area contributed by atoms with Gasteiger partial charge in [0, 0.05) is 16.8 Å². The highest BCUT2D eigenvalue weighted by Crippen LogP contribution is 2.35. The van der Waals surface area contributed by atoms with E-state index in [0.29, 0.717) is 0 Å². The maximum Gasteiger partial charge on any atom is 0.299 e. The van der Waals surface area contributed by atoms with Crippen LogP contribution in [0.2, 0.25) is 0 Å². The van der Waals surface area contributed by atoms with Gasteiger partial charge in [-0.25, -0.2) is 0 Å². The number of nitrogen functional groups attached to an aromatic ring is 1. The number of ketones is 2. The minimum Gasteiger partial charge on any atom is -0.398 e. The average Bonchev–Trinajstić information content (AvgIpc) is 2.44. The van der Waals surface area contributed by atoms with Gasteiger partial charge < -0.3 is 9.92 Å². The monoisotopic (exact) mass is 303 g/mol. The second-order valence-electron chi connectivity index (χ2n) is 4.42. The number of anilines is 1. The van der Waals surface area contributed by atoms with Crippen molar-refractivity contribution in [3.63, 3.8) is 0 Å². The van der Waals surface area contributed by atoms with Crippen molar-refractivity contribution in [2.24, 2.45) is 0 Å². The topological polar surface area (TPSA) is 104 Å². The zero-order valence-electron chi connectivity index (χ0n) is 10.5.